The third kappa shape index (κ3) is 2.03. The van der Waals surface area contributed by atoms with Gasteiger partial charge in [-0.3, -0.25) is 0 Å². The van der Waals surface area contributed by atoms with E-state index in [1.807, 2.05) is 0 Å². The second-order valence-corrected chi connectivity index (χ2v) is 2.94. The number of nitrogens with zero attached hydrogens (tertiary/aromatic N) is 2. The SMILES string of the molecule is CN(C)C(=S)On1c(O)ccc1O. The van der Waals surface area contributed by atoms with E-state index in [2.05, 4.69) is 0 Å². The molecule has 0 unspecified atom stereocenters. The van der Waals surface area contributed by atoms with Crippen molar-refractivity contribution < 1.29 is 15.1 Å². The van der Waals surface area contributed by atoms with Gasteiger partial charge < -0.3 is 20.0 Å². The second-order valence-electron chi connectivity index (χ2n) is 2.60. The van der Waals surface area contributed by atoms with E-state index >= 15 is 0 Å². The normalized spacial score (nSPS) is 9.69. The van der Waals surface area contributed by atoms with Gasteiger partial charge in [-0.05, 0) is 12.2 Å². The number of aromatic hydroxyl groups is 2. The van der Waals surface area contributed by atoms with Gasteiger partial charge in [-0.25, -0.2) is 0 Å². The lowest BCUT2D eigenvalue weighted by atomic mass is 10.6. The van der Waals surface area contributed by atoms with Crippen LogP contribution in [0.4, 0.5) is 0 Å². The molecule has 0 amide bonds. The van der Waals surface area contributed by atoms with E-state index in [1.54, 1.807) is 14.1 Å². The zero-order valence-corrected chi connectivity index (χ0v) is 8.08. The summed E-state index contributed by atoms with van der Waals surface area (Å²) in [6.45, 7) is 0. The van der Waals surface area contributed by atoms with Crippen LogP contribution >= 0.6 is 12.2 Å². The summed E-state index contributed by atoms with van der Waals surface area (Å²) < 4.78 is 0.836. The Hall–Kier alpha value is -1.43. The highest BCUT2D eigenvalue weighted by Gasteiger charge is 2.09. The maximum absolute atomic E-state index is 9.16. The molecule has 1 rings (SSSR count). The van der Waals surface area contributed by atoms with Crippen molar-refractivity contribution in [1.82, 2.24) is 9.63 Å². The van der Waals surface area contributed by atoms with E-state index in [9.17, 15) is 0 Å². The maximum Gasteiger partial charge on any atom is 0.289 e. The molecule has 0 bridgehead atoms. The Morgan fingerprint density at radius 3 is 2.23 bits per heavy atom. The molecule has 5 nitrogen and oxygen atoms in total. The highest BCUT2D eigenvalue weighted by molar-refractivity contribution is 7.80. The van der Waals surface area contributed by atoms with Crippen molar-refractivity contribution in [3.63, 3.8) is 0 Å². The Kier molecular flexibility index (Phi) is 2.62. The standard InChI is InChI=1S/C7H10N2O3S/c1-8(2)7(13)12-9-5(10)3-4-6(9)11/h3-4,10-11H,1-2H3. The molecule has 0 radical (unpaired) electrons. The molecule has 0 saturated carbocycles. The predicted molar refractivity (Wildman–Crippen MR) is 50.6 cm³/mol. The summed E-state index contributed by atoms with van der Waals surface area (Å²) in [4.78, 5) is 6.49. The van der Waals surface area contributed by atoms with Crippen LogP contribution in [0.3, 0.4) is 0 Å². The number of hydrogen-bond acceptors (Lipinski definition) is 4. The zero-order valence-electron chi connectivity index (χ0n) is 7.26. The van der Waals surface area contributed by atoms with E-state index in [-0.39, 0.29) is 16.9 Å². The number of rotatable bonds is 1. The van der Waals surface area contributed by atoms with E-state index in [0.29, 0.717) is 0 Å². The van der Waals surface area contributed by atoms with Crippen LogP contribution in [-0.4, -0.2) is 39.1 Å². The highest BCUT2D eigenvalue weighted by atomic mass is 32.1. The molecule has 2 N–H and O–H groups in total. The molecule has 1 heterocycles. The number of thiocarbonyl (C=S) groups is 1. The van der Waals surface area contributed by atoms with Crippen molar-refractivity contribution in [2.24, 2.45) is 0 Å². The van der Waals surface area contributed by atoms with Crippen molar-refractivity contribution in [1.29, 1.82) is 0 Å². The molecule has 0 spiro atoms. The van der Waals surface area contributed by atoms with Crippen molar-refractivity contribution in [3.8, 4) is 11.8 Å². The van der Waals surface area contributed by atoms with Gasteiger partial charge in [0.2, 0.25) is 11.8 Å². The molecule has 0 aromatic carbocycles. The summed E-state index contributed by atoms with van der Waals surface area (Å²) in [7, 11) is 3.39. The molecule has 1 aromatic heterocycles. The third-order valence-electron chi connectivity index (χ3n) is 1.33. The Morgan fingerprint density at radius 1 is 1.38 bits per heavy atom. The van der Waals surface area contributed by atoms with Gasteiger partial charge in [-0.2, -0.15) is 0 Å². The molecule has 0 saturated heterocycles. The van der Waals surface area contributed by atoms with E-state index < -0.39 is 0 Å². The summed E-state index contributed by atoms with van der Waals surface area (Å²) in [6.07, 6.45) is 0. The van der Waals surface area contributed by atoms with Gasteiger partial charge >= 0.3 is 0 Å². The van der Waals surface area contributed by atoms with Gasteiger partial charge in [0.1, 0.15) is 0 Å². The van der Waals surface area contributed by atoms with Crippen molar-refractivity contribution in [3.05, 3.63) is 12.1 Å². The van der Waals surface area contributed by atoms with Crippen LogP contribution in [0, 0.1) is 0 Å². The van der Waals surface area contributed by atoms with Gasteiger partial charge in [0.15, 0.2) is 0 Å². The first-order chi connectivity index (χ1) is 6.02. The minimum atomic E-state index is -0.207. The van der Waals surface area contributed by atoms with Gasteiger partial charge in [0, 0.05) is 26.2 Å². The smallest absolute Gasteiger partial charge is 0.289 e. The third-order valence-corrected chi connectivity index (χ3v) is 1.77. The fourth-order valence-electron chi connectivity index (χ4n) is 0.655. The zero-order chi connectivity index (χ0) is 10.0. The average Bonchev–Trinajstić information content (AvgIpc) is 2.35. The van der Waals surface area contributed by atoms with Gasteiger partial charge in [0.25, 0.3) is 5.17 Å². The van der Waals surface area contributed by atoms with Gasteiger partial charge in [0.05, 0.1) is 0 Å². The molecule has 0 aliphatic carbocycles. The fourth-order valence-corrected chi connectivity index (χ4v) is 0.730. The molecular weight excluding hydrogens is 192 g/mol. The second kappa shape index (κ2) is 3.53. The summed E-state index contributed by atoms with van der Waals surface area (Å²) in [5, 5.41) is 18.5. The van der Waals surface area contributed by atoms with Crippen LogP contribution in [0.15, 0.2) is 12.1 Å². The largest absolute Gasteiger partial charge is 0.492 e. The topological polar surface area (TPSA) is 57.9 Å². The fraction of sp³-hybridized carbons (Fsp3) is 0.286. The molecule has 13 heavy (non-hydrogen) atoms. The Balaban J connectivity index is 2.79. The highest BCUT2D eigenvalue weighted by Crippen LogP contribution is 2.18. The summed E-state index contributed by atoms with van der Waals surface area (Å²) in [5.41, 5.74) is 0. The summed E-state index contributed by atoms with van der Waals surface area (Å²) in [6, 6.07) is 2.60. The van der Waals surface area contributed by atoms with Crippen LogP contribution in [0.1, 0.15) is 0 Å². The van der Waals surface area contributed by atoms with Crippen LogP contribution in [0.5, 0.6) is 11.8 Å². The Labute approximate surface area is 80.7 Å². The molecule has 0 fully saturated rings. The maximum atomic E-state index is 9.16. The molecular formula is C7H10N2O3S. The first kappa shape index (κ1) is 9.66. The van der Waals surface area contributed by atoms with E-state index in [1.165, 1.54) is 17.0 Å². The Morgan fingerprint density at radius 2 is 1.85 bits per heavy atom. The minimum Gasteiger partial charge on any atom is -0.492 e. The van der Waals surface area contributed by atoms with E-state index in [0.717, 1.165) is 4.73 Å². The molecule has 6 heteroatoms. The van der Waals surface area contributed by atoms with Crippen molar-refractivity contribution >= 4 is 17.4 Å². The Bertz CT molecular complexity index is 302. The molecule has 0 aliphatic heterocycles. The monoisotopic (exact) mass is 202 g/mol. The first-order valence-electron chi connectivity index (χ1n) is 3.51. The molecule has 0 atom stereocenters. The molecule has 0 aliphatic rings. The lowest BCUT2D eigenvalue weighted by Crippen LogP contribution is -2.30. The quantitative estimate of drug-likeness (QED) is 0.636. The van der Waals surface area contributed by atoms with Crippen LogP contribution in [-0.2, 0) is 0 Å². The van der Waals surface area contributed by atoms with E-state index in [4.69, 9.17) is 27.3 Å². The number of hydrogen-bond donors (Lipinski definition) is 2. The molecule has 1 aromatic rings. The van der Waals surface area contributed by atoms with Crippen LogP contribution in [0.25, 0.3) is 0 Å². The van der Waals surface area contributed by atoms with Crippen LogP contribution < -0.4 is 4.84 Å². The van der Waals surface area contributed by atoms with Crippen molar-refractivity contribution in [2.45, 2.75) is 0 Å². The first-order valence-corrected chi connectivity index (χ1v) is 3.92. The molecule has 72 valence electrons. The summed E-state index contributed by atoms with van der Waals surface area (Å²) >= 11 is 4.81. The van der Waals surface area contributed by atoms with Gasteiger partial charge in [-0.1, -0.05) is 0 Å². The van der Waals surface area contributed by atoms with Crippen LogP contribution in [0.2, 0.25) is 0 Å². The lowest BCUT2D eigenvalue weighted by Gasteiger charge is -2.14. The van der Waals surface area contributed by atoms with Gasteiger partial charge in [-0.15, -0.1) is 4.73 Å². The number of aromatic nitrogens is 1. The van der Waals surface area contributed by atoms with Crippen molar-refractivity contribution in [2.75, 3.05) is 14.1 Å². The lowest BCUT2D eigenvalue weighted by molar-refractivity contribution is 0.172. The summed E-state index contributed by atoms with van der Waals surface area (Å²) in [5.74, 6) is -0.414. The predicted octanol–water partition coefficient (Wildman–Crippen LogP) is 0.174. The average molecular weight is 202 g/mol. The minimum absolute atomic E-state index is 0.141.